The topological polar surface area (TPSA) is 89.3 Å². The summed E-state index contributed by atoms with van der Waals surface area (Å²) in [6, 6.07) is 6.15. The second-order valence-corrected chi connectivity index (χ2v) is 6.54. The molecule has 0 saturated heterocycles. The summed E-state index contributed by atoms with van der Waals surface area (Å²) < 4.78 is 22.4. The number of rotatable bonds is 4. The smallest absolute Gasteiger partial charge is 0.238 e. The van der Waals surface area contributed by atoms with Gasteiger partial charge < -0.3 is 5.32 Å². The molecule has 0 radical (unpaired) electrons. The lowest BCUT2D eigenvalue weighted by molar-refractivity contribution is -0.121. The Balaban J connectivity index is 2.07. The number of nitrogens with one attached hydrogen (secondary N) is 1. The fourth-order valence-electron chi connectivity index (χ4n) is 1.71. The zero-order valence-electron chi connectivity index (χ0n) is 10.1. The summed E-state index contributed by atoms with van der Waals surface area (Å²) >= 11 is 0. The molecule has 98 valence electrons. The first-order valence-corrected chi connectivity index (χ1v) is 7.26. The van der Waals surface area contributed by atoms with E-state index in [0.717, 1.165) is 12.8 Å². The lowest BCUT2D eigenvalue weighted by atomic mass is 10.1. The molecule has 1 aromatic rings. The molecule has 0 unspecified atom stereocenters. The molecule has 0 atom stereocenters. The van der Waals surface area contributed by atoms with Crippen LogP contribution in [0.2, 0.25) is 0 Å². The summed E-state index contributed by atoms with van der Waals surface area (Å²) in [5, 5.41) is 7.96. The zero-order chi connectivity index (χ0) is 13.4. The number of nitrogens with two attached hydrogens (primary N) is 1. The monoisotopic (exact) mass is 268 g/mol. The van der Waals surface area contributed by atoms with E-state index in [0.29, 0.717) is 5.56 Å². The Hall–Kier alpha value is -1.40. The fourth-order valence-corrected chi connectivity index (χ4v) is 2.29. The van der Waals surface area contributed by atoms with Crippen LogP contribution in [0.3, 0.4) is 0 Å². The zero-order valence-corrected chi connectivity index (χ0v) is 11.0. The van der Waals surface area contributed by atoms with Gasteiger partial charge in [0.05, 0.1) is 11.3 Å². The number of hydrogen-bond acceptors (Lipinski definition) is 3. The van der Waals surface area contributed by atoms with Crippen molar-refractivity contribution in [2.24, 2.45) is 5.14 Å². The Morgan fingerprint density at radius 1 is 1.44 bits per heavy atom. The van der Waals surface area contributed by atoms with E-state index in [1.54, 1.807) is 12.1 Å². The van der Waals surface area contributed by atoms with Gasteiger partial charge in [-0.1, -0.05) is 12.1 Å². The van der Waals surface area contributed by atoms with E-state index in [1.165, 1.54) is 12.1 Å². The fraction of sp³-hybridized carbons (Fsp3) is 0.417. The SMILES string of the molecule is CC1(NC(=O)Cc2cccc(S(N)(=O)=O)c2)CC1. The van der Waals surface area contributed by atoms with Crippen LogP contribution in [0, 0.1) is 0 Å². The highest BCUT2D eigenvalue weighted by molar-refractivity contribution is 7.89. The van der Waals surface area contributed by atoms with Crippen molar-refractivity contribution >= 4 is 15.9 Å². The molecule has 0 bridgehead atoms. The minimum atomic E-state index is -3.72. The normalized spacial score (nSPS) is 17.2. The molecule has 1 aromatic carbocycles. The molecule has 0 aliphatic heterocycles. The molecule has 0 aromatic heterocycles. The van der Waals surface area contributed by atoms with Gasteiger partial charge in [0, 0.05) is 5.54 Å². The van der Waals surface area contributed by atoms with Crippen molar-refractivity contribution in [2.45, 2.75) is 36.6 Å². The van der Waals surface area contributed by atoms with Gasteiger partial charge in [0.1, 0.15) is 0 Å². The van der Waals surface area contributed by atoms with Crippen molar-refractivity contribution in [3.63, 3.8) is 0 Å². The maximum atomic E-state index is 11.7. The molecule has 6 heteroatoms. The number of sulfonamides is 1. The summed E-state index contributed by atoms with van der Waals surface area (Å²) in [6.45, 7) is 1.99. The molecule has 1 aliphatic rings. The number of carbonyl (C=O) groups is 1. The summed E-state index contributed by atoms with van der Waals surface area (Å²) in [5.74, 6) is -0.0958. The van der Waals surface area contributed by atoms with Crippen LogP contribution in [0.5, 0.6) is 0 Å². The minimum Gasteiger partial charge on any atom is -0.351 e. The van der Waals surface area contributed by atoms with Crippen LogP contribution in [0.15, 0.2) is 29.2 Å². The van der Waals surface area contributed by atoms with Gasteiger partial charge in [0.15, 0.2) is 0 Å². The summed E-state index contributed by atoms with van der Waals surface area (Å²) in [5.41, 5.74) is 0.581. The highest BCUT2D eigenvalue weighted by Crippen LogP contribution is 2.34. The summed E-state index contributed by atoms with van der Waals surface area (Å²) in [7, 11) is -3.72. The van der Waals surface area contributed by atoms with Gasteiger partial charge in [0.2, 0.25) is 15.9 Å². The van der Waals surface area contributed by atoms with E-state index in [4.69, 9.17) is 5.14 Å². The average molecular weight is 268 g/mol. The molecule has 0 spiro atoms. The third-order valence-corrected chi connectivity index (χ3v) is 3.94. The quantitative estimate of drug-likeness (QED) is 0.835. The van der Waals surface area contributed by atoms with E-state index in [9.17, 15) is 13.2 Å². The molecule has 5 nitrogen and oxygen atoms in total. The lowest BCUT2D eigenvalue weighted by Crippen LogP contribution is -2.35. The minimum absolute atomic E-state index is 0.0328. The summed E-state index contributed by atoms with van der Waals surface area (Å²) in [6.07, 6.45) is 2.16. The van der Waals surface area contributed by atoms with Crippen molar-refractivity contribution in [2.75, 3.05) is 0 Å². The van der Waals surface area contributed by atoms with Crippen LogP contribution in [-0.2, 0) is 21.2 Å². The maximum Gasteiger partial charge on any atom is 0.238 e. The van der Waals surface area contributed by atoms with Crippen LogP contribution in [0.1, 0.15) is 25.3 Å². The van der Waals surface area contributed by atoms with Gasteiger partial charge in [-0.25, -0.2) is 13.6 Å². The van der Waals surface area contributed by atoms with Crippen LogP contribution < -0.4 is 10.5 Å². The van der Waals surface area contributed by atoms with Crippen LogP contribution in [0.25, 0.3) is 0 Å². The van der Waals surface area contributed by atoms with Crippen LogP contribution in [0.4, 0.5) is 0 Å². The molecule has 1 fully saturated rings. The Morgan fingerprint density at radius 3 is 2.67 bits per heavy atom. The Labute approximate surface area is 106 Å². The first-order chi connectivity index (χ1) is 8.28. The van der Waals surface area contributed by atoms with Crippen molar-refractivity contribution in [3.8, 4) is 0 Å². The number of benzene rings is 1. The Bertz CT molecular complexity index is 577. The van der Waals surface area contributed by atoms with Crippen LogP contribution >= 0.6 is 0 Å². The van der Waals surface area contributed by atoms with E-state index in [1.807, 2.05) is 6.92 Å². The molecule has 1 aliphatic carbocycles. The number of carbonyl (C=O) groups excluding carboxylic acids is 1. The standard InChI is InChI=1S/C12H16N2O3S/c1-12(5-6-12)14-11(15)8-9-3-2-4-10(7-9)18(13,16)17/h2-4,7H,5-6,8H2,1H3,(H,14,15)(H2,13,16,17). The van der Waals surface area contributed by atoms with Gasteiger partial charge in [0.25, 0.3) is 0 Å². The molecular weight excluding hydrogens is 252 g/mol. The molecule has 2 rings (SSSR count). The molecule has 1 amide bonds. The first kappa shape index (κ1) is 13.0. The predicted octanol–water partition coefficient (Wildman–Crippen LogP) is 0.545. The van der Waals surface area contributed by atoms with Gasteiger partial charge in [-0.15, -0.1) is 0 Å². The Kier molecular flexibility index (Phi) is 3.16. The number of hydrogen-bond donors (Lipinski definition) is 2. The molecule has 0 heterocycles. The Morgan fingerprint density at radius 2 is 2.11 bits per heavy atom. The van der Waals surface area contributed by atoms with Gasteiger partial charge in [-0.05, 0) is 37.5 Å². The lowest BCUT2D eigenvalue weighted by Gasteiger charge is -2.11. The van der Waals surface area contributed by atoms with Crippen molar-refractivity contribution in [1.82, 2.24) is 5.32 Å². The highest BCUT2D eigenvalue weighted by Gasteiger charge is 2.38. The molecule has 1 saturated carbocycles. The van der Waals surface area contributed by atoms with Gasteiger partial charge in [-0.3, -0.25) is 4.79 Å². The van der Waals surface area contributed by atoms with Crippen molar-refractivity contribution < 1.29 is 13.2 Å². The van der Waals surface area contributed by atoms with E-state index in [-0.39, 0.29) is 22.8 Å². The third-order valence-electron chi connectivity index (χ3n) is 3.03. The molecule has 3 N–H and O–H groups in total. The summed E-state index contributed by atoms with van der Waals surface area (Å²) in [4.78, 5) is 11.8. The number of primary sulfonamides is 1. The van der Waals surface area contributed by atoms with E-state index in [2.05, 4.69) is 5.32 Å². The highest BCUT2D eigenvalue weighted by atomic mass is 32.2. The van der Waals surface area contributed by atoms with Crippen molar-refractivity contribution in [3.05, 3.63) is 29.8 Å². The van der Waals surface area contributed by atoms with E-state index < -0.39 is 10.0 Å². The molecular formula is C12H16N2O3S. The van der Waals surface area contributed by atoms with Crippen molar-refractivity contribution in [1.29, 1.82) is 0 Å². The largest absolute Gasteiger partial charge is 0.351 e. The third kappa shape index (κ3) is 3.30. The molecule has 18 heavy (non-hydrogen) atoms. The number of amides is 1. The van der Waals surface area contributed by atoms with Gasteiger partial charge in [-0.2, -0.15) is 0 Å². The van der Waals surface area contributed by atoms with Crippen LogP contribution in [-0.4, -0.2) is 19.9 Å². The second kappa shape index (κ2) is 4.37. The maximum absolute atomic E-state index is 11.7. The van der Waals surface area contributed by atoms with Gasteiger partial charge >= 0.3 is 0 Å². The average Bonchev–Trinajstić information content (AvgIpc) is 2.94. The predicted molar refractivity (Wildman–Crippen MR) is 67.3 cm³/mol. The van der Waals surface area contributed by atoms with E-state index >= 15 is 0 Å². The second-order valence-electron chi connectivity index (χ2n) is 4.98. The first-order valence-electron chi connectivity index (χ1n) is 5.71.